The molecule has 3 rings (SSSR count). The van der Waals surface area contributed by atoms with Crippen LogP contribution in [0.3, 0.4) is 0 Å². The standard InChI is InChI=1S/C17H17N2O/c1-2-17-19(15-10-6-7-11-16(15)20-17)13-12-18-14-8-4-3-5-9-14/h2-11,18H,1,12-13H2/q+1. The molecule has 0 aliphatic rings. The van der Waals surface area contributed by atoms with Gasteiger partial charge in [-0.1, -0.05) is 36.9 Å². The number of rotatable bonds is 5. The Kier molecular flexibility index (Phi) is 3.50. The molecular formula is C17H17N2O+. The summed E-state index contributed by atoms with van der Waals surface area (Å²) in [7, 11) is 0. The van der Waals surface area contributed by atoms with Crippen LogP contribution < -0.4 is 9.88 Å². The lowest BCUT2D eigenvalue weighted by molar-refractivity contribution is -0.674. The highest BCUT2D eigenvalue weighted by Crippen LogP contribution is 2.13. The fourth-order valence-electron chi connectivity index (χ4n) is 2.30. The number of aromatic nitrogens is 1. The smallest absolute Gasteiger partial charge is 0.373 e. The molecule has 0 aliphatic heterocycles. The monoisotopic (exact) mass is 265 g/mol. The Bertz CT molecular complexity index is 716. The molecule has 3 aromatic rings. The van der Waals surface area contributed by atoms with Crippen LogP contribution in [0.5, 0.6) is 0 Å². The summed E-state index contributed by atoms with van der Waals surface area (Å²) in [6.45, 7) is 5.48. The van der Waals surface area contributed by atoms with Gasteiger partial charge in [0.05, 0.1) is 6.54 Å². The molecule has 0 saturated heterocycles. The Morgan fingerprint density at radius 1 is 1.05 bits per heavy atom. The van der Waals surface area contributed by atoms with E-state index in [9.17, 15) is 0 Å². The predicted molar refractivity (Wildman–Crippen MR) is 81.4 cm³/mol. The molecular weight excluding hydrogens is 248 g/mol. The van der Waals surface area contributed by atoms with Crippen molar-refractivity contribution < 1.29 is 8.98 Å². The first kappa shape index (κ1) is 12.5. The molecule has 2 aromatic carbocycles. The third kappa shape index (κ3) is 2.43. The number of anilines is 1. The van der Waals surface area contributed by atoms with Gasteiger partial charge in [0.1, 0.15) is 0 Å². The van der Waals surface area contributed by atoms with Gasteiger partial charge >= 0.3 is 5.89 Å². The van der Waals surface area contributed by atoms with Crippen LogP contribution in [0.25, 0.3) is 17.2 Å². The lowest BCUT2D eigenvalue weighted by atomic mass is 10.3. The molecule has 0 unspecified atom stereocenters. The number of hydrogen-bond donors (Lipinski definition) is 1. The number of benzene rings is 2. The molecule has 100 valence electrons. The van der Waals surface area contributed by atoms with Crippen molar-refractivity contribution in [1.29, 1.82) is 0 Å². The third-order valence-electron chi connectivity index (χ3n) is 3.25. The van der Waals surface area contributed by atoms with Gasteiger partial charge in [-0.3, -0.25) is 0 Å². The van der Waals surface area contributed by atoms with Crippen LogP contribution in [0, 0.1) is 0 Å². The highest BCUT2D eigenvalue weighted by atomic mass is 16.3. The van der Waals surface area contributed by atoms with E-state index in [1.165, 1.54) is 0 Å². The third-order valence-corrected chi connectivity index (χ3v) is 3.25. The second-order valence-corrected chi connectivity index (χ2v) is 4.56. The maximum Gasteiger partial charge on any atom is 0.373 e. The normalized spacial score (nSPS) is 10.6. The SMILES string of the molecule is C=Cc1oc2ccccc2[n+]1CCNc1ccccc1. The van der Waals surface area contributed by atoms with Crippen LogP contribution in [0.4, 0.5) is 5.69 Å². The van der Waals surface area contributed by atoms with E-state index < -0.39 is 0 Å². The fraction of sp³-hybridized carbons (Fsp3) is 0.118. The molecule has 1 heterocycles. The Labute approximate surface area is 118 Å². The van der Waals surface area contributed by atoms with Crippen LogP contribution in [0.15, 0.2) is 65.6 Å². The summed E-state index contributed by atoms with van der Waals surface area (Å²) >= 11 is 0. The van der Waals surface area contributed by atoms with Crippen LogP contribution in [0.2, 0.25) is 0 Å². The minimum Gasteiger partial charge on any atom is -0.398 e. The van der Waals surface area contributed by atoms with E-state index in [0.717, 1.165) is 35.8 Å². The van der Waals surface area contributed by atoms with E-state index in [1.54, 1.807) is 6.08 Å². The molecule has 0 amide bonds. The van der Waals surface area contributed by atoms with Crippen LogP contribution in [-0.2, 0) is 6.54 Å². The van der Waals surface area contributed by atoms with Gasteiger partial charge in [0.2, 0.25) is 5.58 Å². The largest absolute Gasteiger partial charge is 0.398 e. The van der Waals surface area contributed by atoms with Crippen molar-refractivity contribution in [1.82, 2.24) is 0 Å². The molecule has 0 aliphatic carbocycles. The van der Waals surface area contributed by atoms with Crippen molar-refractivity contribution in [3.8, 4) is 0 Å². The lowest BCUT2D eigenvalue weighted by Gasteiger charge is -2.03. The second-order valence-electron chi connectivity index (χ2n) is 4.56. The van der Waals surface area contributed by atoms with Gasteiger partial charge in [-0.05, 0) is 18.2 Å². The summed E-state index contributed by atoms with van der Waals surface area (Å²) in [6.07, 6.45) is 1.75. The van der Waals surface area contributed by atoms with Crippen molar-refractivity contribution in [3.63, 3.8) is 0 Å². The topological polar surface area (TPSA) is 29.0 Å². The van der Waals surface area contributed by atoms with Crippen molar-refractivity contribution in [3.05, 3.63) is 67.1 Å². The van der Waals surface area contributed by atoms with E-state index >= 15 is 0 Å². The molecule has 0 fully saturated rings. The second kappa shape index (κ2) is 5.61. The molecule has 0 radical (unpaired) electrons. The first-order valence-corrected chi connectivity index (χ1v) is 6.71. The average Bonchev–Trinajstić information content (AvgIpc) is 2.87. The quantitative estimate of drug-likeness (QED) is 0.716. The zero-order valence-corrected chi connectivity index (χ0v) is 11.3. The molecule has 0 saturated carbocycles. The number of fused-ring (bicyclic) bond motifs is 1. The molecule has 0 bridgehead atoms. The van der Waals surface area contributed by atoms with Crippen LogP contribution in [-0.4, -0.2) is 6.54 Å². The van der Waals surface area contributed by atoms with Crippen LogP contribution in [0.1, 0.15) is 5.89 Å². The summed E-state index contributed by atoms with van der Waals surface area (Å²) in [5.41, 5.74) is 3.11. The number of oxazole rings is 1. The maximum absolute atomic E-state index is 5.77. The average molecular weight is 265 g/mol. The Balaban J connectivity index is 1.78. The highest BCUT2D eigenvalue weighted by molar-refractivity contribution is 5.69. The van der Waals surface area contributed by atoms with E-state index in [1.807, 2.05) is 36.4 Å². The highest BCUT2D eigenvalue weighted by Gasteiger charge is 2.18. The summed E-state index contributed by atoms with van der Waals surface area (Å²) < 4.78 is 7.91. The van der Waals surface area contributed by atoms with Gasteiger partial charge in [-0.15, -0.1) is 0 Å². The molecule has 1 N–H and O–H groups in total. The summed E-state index contributed by atoms with van der Waals surface area (Å²) in [6, 6.07) is 18.2. The van der Waals surface area contributed by atoms with Gasteiger partial charge in [0, 0.05) is 17.8 Å². The number of para-hydroxylation sites is 3. The van der Waals surface area contributed by atoms with Gasteiger partial charge in [0.15, 0.2) is 6.54 Å². The van der Waals surface area contributed by atoms with Gasteiger partial charge in [-0.2, -0.15) is 4.57 Å². The maximum atomic E-state index is 5.77. The number of nitrogens with zero attached hydrogens (tertiary/aromatic N) is 1. The van der Waals surface area contributed by atoms with Gasteiger partial charge in [0.25, 0.3) is 5.52 Å². The minimum absolute atomic E-state index is 0.793. The fourth-order valence-corrected chi connectivity index (χ4v) is 2.30. The van der Waals surface area contributed by atoms with E-state index in [-0.39, 0.29) is 0 Å². The Morgan fingerprint density at radius 2 is 1.80 bits per heavy atom. The first-order chi connectivity index (χ1) is 9.88. The molecule has 20 heavy (non-hydrogen) atoms. The zero-order valence-electron chi connectivity index (χ0n) is 11.3. The van der Waals surface area contributed by atoms with Crippen molar-refractivity contribution in [2.45, 2.75) is 6.54 Å². The van der Waals surface area contributed by atoms with Crippen molar-refractivity contribution >= 4 is 22.9 Å². The summed E-state index contributed by atoms with van der Waals surface area (Å²) in [4.78, 5) is 0. The van der Waals surface area contributed by atoms with Crippen LogP contribution >= 0.6 is 0 Å². The van der Waals surface area contributed by atoms with E-state index in [2.05, 4.69) is 34.7 Å². The minimum atomic E-state index is 0.793. The number of nitrogens with one attached hydrogen (secondary N) is 1. The lowest BCUT2D eigenvalue weighted by Crippen LogP contribution is -2.38. The van der Waals surface area contributed by atoms with Gasteiger partial charge in [-0.25, -0.2) is 0 Å². The van der Waals surface area contributed by atoms with Gasteiger partial charge < -0.3 is 9.73 Å². The predicted octanol–water partition coefficient (Wildman–Crippen LogP) is 3.48. The summed E-state index contributed by atoms with van der Waals surface area (Å²) in [5, 5.41) is 3.40. The van der Waals surface area contributed by atoms with Crippen molar-refractivity contribution in [2.75, 3.05) is 11.9 Å². The van der Waals surface area contributed by atoms with E-state index in [0.29, 0.717) is 0 Å². The molecule has 0 atom stereocenters. The van der Waals surface area contributed by atoms with Crippen molar-refractivity contribution in [2.24, 2.45) is 0 Å². The molecule has 3 nitrogen and oxygen atoms in total. The number of hydrogen-bond acceptors (Lipinski definition) is 2. The first-order valence-electron chi connectivity index (χ1n) is 6.71. The summed E-state index contributed by atoms with van der Waals surface area (Å²) in [5.74, 6) is 0.793. The molecule has 1 aromatic heterocycles. The molecule has 3 heteroatoms. The van der Waals surface area contributed by atoms with E-state index in [4.69, 9.17) is 4.42 Å². The Hall–Kier alpha value is -2.55. The zero-order chi connectivity index (χ0) is 13.8. The Morgan fingerprint density at radius 3 is 2.60 bits per heavy atom. The molecule has 0 spiro atoms.